The second-order valence-electron chi connectivity index (χ2n) is 8.19. The molecule has 0 saturated heterocycles. The van der Waals surface area contributed by atoms with Crippen molar-refractivity contribution in [3.05, 3.63) is 0 Å². The molecule has 0 amide bonds. The zero-order valence-electron chi connectivity index (χ0n) is 15.9. The van der Waals surface area contributed by atoms with Gasteiger partial charge < -0.3 is 17.2 Å². The molecule has 0 aliphatic rings. The number of hydrogen-bond donors (Lipinski definition) is 3. The third kappa shape index (κ3) is 7.91. The zero-order valence-corrected chi connectivity index (χ0v) is 15.9. The molecule has 4 nitrogen and oxygen atoms in total. The average Bonchev–Trinajstić information content (AvgIpc) is 2.33. The van der Waals surface area contributed by atoms with Gasteiger partial charge in [0.25, 0.3) is 0 Å². The van der Waals surface area contributed by atoms with E-state index in [0.29, 0.717) is 36.9 Å². The molecule has 0 heterocycles. The van der Waals surface area contributed by atoms with E-state index in [9.17, 15) is 0 Å². The van der Waals surface area contributed by atoms with E-state index in [0.717, 1.165) is 32.4 Å². The van der Waals surface area contributed by atoms with Gasteiger partial charge in [0, 0.05) is 37.8 Å². The molecule has 0 aliphatic carbocycles. The zero-order chi connectivity index (χ0) is 17.3. The normalized spacial score (nSPS) is 14.6. The Bertz CT molecular complexity index is 260. The first-order valence-corrected chi connectivity index (χ1v) is 9.09. The highest BCUT2D eigenvalue weighted by atomic mass is 15.2. The van der Waals surface area contributed by atoms with Gasteiger partial charge in [0.2, 0.25) is 0 Å². The van der Waals surface area contributed by atoms with Gasteiger partial charge in [0.1, 0.15) is 0 Å². The highest BCUT2D eigenvalue weighted by Crippen LogP contribution is 2.32. The predicted molar refractivity (Wildman–Crippen MR) is 98.8 cm³/mol. The summed E-state index contributed by atoms with van der Waals surface area (Å²) in [7, 11) is 0. The van der Waals surface area contributed by atoms with Crippen LogP contribution in [-0.2, 0) is 0 Å². The molecule has 0 aromatic heterocycles. The van der Waals surface area contributed by atoms with Crippen molar-refractivity contribution < 1.29 is 0 Å². The molecule has 0 saturated carbocycles. The lowest BCUT2D eigenvalue weighted by molar-refractivity contribution is 0.0776. The molecule has 0 aromatic rings. The highest BCUT2D eigenvalue weighted by Gasteiger charge is 2.39. The predicted octanol–water partition coefficient (Wildman–Crippen LogP) is 2.41. The Balaban J connectivity index is 5.50. The number of nitrogens with two attached hydrogens (primary N) is 3. The lowest BCUT2D eigenvalue weighted by atomic mass is 9.74. The molecule has 0 rings (SSSR count). The highest BCUT2D eigenvalue weighted by molar-refractivity contribution is 4.99. The molecule has 134 valence electrons. The maximum Gasteiger partial charge on any atom is 0.0317 e. The molecule has 0 aromatic carbocycles. The second kappa shape index (κ2) is 10.6. The van der Waals surface area contributed by atoms with Crippen molar-refractivity contribution in [1.29, 1.82) is 0 Å². The van der Waals surface area contributed by atoms with Crippen LogP contribution in [0.15, 0.2) is 0 Å². The van der Waals surface area contributed by atoms with E-state index in [-0.39, 0.29) is 5.54 Å². The molecule has 4 heteroatoms. The van der Waals surface area contributed by atoms with Crippen LogP contribution in [0.2, 0.25) is 0 Å². The van der Waals surface area contributed by atoms with Gasteiger partial charge in [-0.05, 0) is 37.0 Å². The molecular formula is C18H42N4. The van der Waals surface area contributed by atoms with Crippen LogP contribution >= 0.6 is 0 Å². The number of nitrogens with zero attached hydrogens (tertiary/aromatic N) is 1. The van der Waals surface area contributed by atoms with Crippen LogP contribution in [0.3, 0.4) is 0 Å². The number of rotatable bonds is 12. The Morgan fingerprint density at radius 1 is 0.773 bits per heavy atom. The quantitative estimate of drug-likeness (QED) is 0.517. The van der Waals surface area contributed by atoms with Crippen molar-refractivity contribution >= 4 is 0 Å². The molecule has 1 atom stereocenters. The molecular weight excluding hydrogens is 272 g/mol. The minimum Gasteiger partial charge on any atom is -0.329 e. The van der Waals surface area contributed by atoms with Gasteiger partial charge >= 0.3 is 0 Å². The van der Waals surface area contributed by atoms with E-state index in [4.69, 9.17) is 17.2 Å². The summed E-state index contributed by atoms with van der Waals surface area (Å²) in [4.78, 5) is 2.45. The van der Waals surface area contributed by atoms with Gasteiger partial charge in [0.15, 0.2) is 0 Å². The fraction of sp³-hybridized carbons (Fsp3) is 1.00. The molecule has 6 N–H and O–H groups in total. The van der Waals surface area contributed by atoms with Crippen LogP contribution in [0.5, 0.6) is 0 Å². The Kier molecular flexibility index (Phi) is 10.5. The molecule has 0 spiro atoms. The van der Waals surface area contributed by atoms with Gasteiger partial charge in [-0.3, -0.25) is 4.90 Å². The molecule has 22 heavy (non-hydrogen) atoms. The van der Waals surface area contributed by atoms with Gasteiger partial charge in [-0.25, -0.2) is 0 Å². The molecule has 0 fully saturated rings. The van der Waals surface area contributed by atoms with Crippen molar-refractivity contribution in [2.24, 2.45) is 35.0 Å². The number of hydrogen-bond acceptors (Lipinski definition) is 4. The van der Waals surface area contributed by atoms with Crippen LogP contribution in [0.25, 0.3) is 0 Å². The monoisotopic (exact) mass is 314 g/mol. The topological polar surface area (TPSA) is 81.3 Å². The van der Waals surface area contributed by atoms with Gasteiger partial charge in [0.05, 0.1) is 0 Å². The summed E-state index contributed by atoms with van der Waals surface area (Å²) < 4.78 is 0. The minimum atomic E-state index is -0.170. The van der Waals surface area contributed by atoms with Crippen LogP contribution in [0.4, 0.5) is 0 Å². The largest absolute Gasteiger partial charge is 0.329 e. The maximum atomic E-state index is 7.03. The van der Waals surface area contributed by atoms with Gasteiger partial charge in [-0.2, -0.15) is 0 Å². The summed E-state index contributed by atoms with van der Waals surface area (Å²) in [6.07, 6.45) is 3.21. The van der Waals surface area contributed by atoms with Crippen LogP contribution < -0.4 is 17.2 Å². The summed E-state index contributed by atoms with van der Waals surface area (Å²) in [5, 5.41) is 0. The Morgan fingerprint density at radius 2 is 1.18 bits per heavy atom. The van der Waals surface area contributed by atoms with Crippen molar-refractivity contribution in [2.45, 2.75) is 72.4 Å². The first-order chi connectivity index (χ1) is 10.2. The summed E-state index contributed by atoms with van der Waals surface area (Å²) in [6, 6.07) is 0.351. The average molecular weight is 315 g/mol. The van der Waals surface area contributed by atoms with E-state index in [1.807, 2.05) is 0 Å². The summed E-state index contributed by atoms with van der Waals surface area (Å²) in [5.41, 5.74) is 18.6. The SMILES string of the molecule is CC(C)CC(N(CCN)CCN)C(N)(CC(C)C)CC(C)C. The first kappa shape index (κ1) is 21.8. The Labute approximate surface area is 139 Å². The van der Waals surface area contributed by atoms with E-state index >= 15 is 0 Å². The lowest BCUT2D eigenvalue weighted by Gasteiger charge is -2.47. The Hall–Kier alpha value is -0.160. The van der Waals surface area contributed by atoms with Gasteiger partial charge in [-0.15, -0.1) is 0 Å². The Morgan fingerprint density at radius 3 is 1.45 bits per heavy atom. The van der Waals surface area contributed by atoms with Gasteiger partial charge in [-0.1, -0.05) is 41.5 Å². The second-order valence-corrected chi connectivity index (χ2v) is 8.19. The molecule has 1 unspecified atom stereocenters. The third-order valence-corrected chi connectivity index (χ3v) is 4.21. The third-order valence-electron chi connectivity index (χ3n) is 4.21. The fourth-order valence-corrected chi connectivity index (χ4v) is 3.82. The molecule has 0 radical (unpaired) electrons. The summed E-state index contributed by atoms with van der Waals surface area (Å²) in [6.45, 7) is 16.7. The maximum absolute atomic E-state index is 7.03. The van der Waals surface area contributed by atoms with E-state index in [1.165, 1.54) is 0 Å². The minimum absolute atomic E-state index is 0.170. The molecule has 0 bridgehead atoms. The van der Waals surface area contributed by atoms with Crippen LogP contribution in [-0.4, -0.2) is 42.7 Å². The van der Waals surface area contributed by atoms with E-state index < -0.39 is 0 Å². The van der Waals surface area contributed by atoms with Crippen molar-refractivity contribution in [1.82, 2.24) is 4.90 Å². The van der Waals surface area contributed by atoms with Crippen molar-refractivity contribution in [2.75, 3.05) is 26.2 Å². The van der Waals surface area contributed by atoms with Crippen LogP contribution in [0.1, 0.15) is 60.8 Å². The van der Waals surface area contributed by atoms with Crippen molar-refractivity contribution in [3.8, 4) is 0 Å². The summed E-state index contributed by atoms with van der Waals surface area (Å²) >= 11 is 0. The van der Waals surface area contributed by atoms with Crippen LogP contribution in [0, 0.1) is 17.8 Å². The van der Waals surface area contributed by atoms with E-state index in [1.54, 1.807) is 0 Å². The smallest absolute Gasteiger partial charge is 0.0317 e. The van der Waals surface area contributed by atoms with Crippen molar-refractivity contribution in [3.63, 3.8) is 0 Å². The fourth-order valence-electron chi connectivity index (χ4n) is 3.82. The molecule has 0 aliphatic heterocycles. The summed E-state index contributed by atoms with van der Waals surface area (Å²) in [5.74, 6) is 1.80. The first-order valence-electron chi connectivity index (χ1n) is 9.09. The standard InChI is InChI=1S/C18H42N4/c1-14(2)11-17(22(9-7-19)10-8-20)18(21,12-15(3)4)13-16(5)6/h14-17H,7-13,19-21H2,1-6H3. The van der Waals surface area contributed by atoms with E-state index in [2.05, 4.69) is 46.4 Å². The lowest BCUT2D eigenvalue weighted by Crippen LogP contribution is -2.61.